The van der Waals surface area contributed by atoms with Gasteiger partial charge >= 0.3 is 0 Å². The second-order valence-electron chi connectivity index (χ2n) is 4.30. The lowest BCUT2D eigenvalue weighted by Crippen LogP contribution is -2.30. The fourth-order valence-corrected chi connectivity index (χ4v) is 3.02. The molecule has 1 amide bonds. The molecule has 0 saturated heterocycles. The van der Waals surface area contributed by atoms with Crippen LogP contribution in [0.4, 0.5) is 5.69 Å². The molecule has 0 fully saturated rings. The van der Waals surface area contributed by atoms with Crippen molar-refractivity contribution in [3.05, 3.63) is 27.7 Å². The number of amides is 1. The molecular formula is C11H14Cl2N2O2S. The highest BCUT2D eigenvalue weighted by Crippen LogP contribution is 2.39. The molecule has 1 atom stereocenters. The van der Waals surface area contributed by atoms with Crippen LogP contribution in [0.3, 0.4) is 0 Å². The monoisotopic (exact) mass is 308 g/mol. The topological polar surface area (TPSA) is 72.2 Å². The van der Waals surface area contributed by atoms with Crippen LogP contribution in [0.25, 0.3) is 0 Å². The number of carbonyl (C=O) groups is 1. The number of carbonyl (C=O) groups excluding carboxylic acids is 1. The standard InChI is InChI=1S/C11H14Cl2N2O2S/c1-6(16)15-7-4-8(12)10(9(13)5-7)11(2,3)18(14)17/h4-5H,14H2,1-3H3,(H,15,16). The van der Waals surface area contributed by atoms with Gasteiger partial charge in [-0.25, -0.2) is 4.21 Å². The number of nitrogens with one attached hydrogen (secondary N) is 1. The summed E-state index contributed by atoms with van der Waals surface area (Å²) in [5.74, 6) is -0.225. The van der Waals surface area contributed by atoms with Gasteiger partial charge in [0.25, 0.3) is 0 Å². The Kier molecular flexibility index (Phi) is 4.78. The lowest BCUT2D eigenvalue weighted by Gasteiger charge is -2.24. The van der Waals surface area contributed by atoms with E-state index in [0.29, 0.717) is 21.3 Å². The van der Waals surface area contributed by atoms with Crippen molar-refractivity contribution in [3.63, 3.8) is 0 Å². The number of rotatable bonds is 3. The van der Waals surface area contributed by atoms with E-state index in [1.165, 1.54) is 6.92 Å². The molecule has 0 aromatic heterocycles. The molecule has 0 aliphatic rings. The molecule has 18 heavy (non-hydrogen) atoms. The molecule has 3 N–H and O–H groups in total. The van der Waals surface area contributed by atoms with E-state index in [2.05, 4.69) is 5.32 Å². The highest BCUT2D eigenvalue weighted by atomic mass is 35.5. The molecule has 100 valence electrons. The average molecular weight is 309 g/mol. The highest BCUT2D eigenvalue weighted by Gasteiger charge is 2.31. The number of anilines is 1. The Bertz CT molecular complexity index is 495. The first kappa shape index (κ1) is 15.4. The van der Waals surface area contributed by atoms with E-state index >= 15 is 0 Å². The Hall–Kier alpha value is -0.620. The SMILES string of the molecule is CC(=O)Nc1cc(Cl)c(C(C)(C)S(N)=O)c(Cl)c1. The molecule has 1 aromatic rings. The predicted octanol–water partition coefficient (Wildman–Crippen LogP) is 2.81. The molecular weight excluding hydrogens is 295 g/mol. The van der Waals surface area contributed by atoms with Gasteiger partial charge in [-0.15, -0.1) is 0 Å². The maximum atomic E-state index is 11.5. The summed E-state index contributed by atoms with van der Waals surface area (Å²) in [7, 11) is -1.62. The maximum Gasteiger partial charge on any atom is 0.221 e. The van der Waals surface area contributed by atoms with Crippen molar-refractivity contribution in [1.82, 2.24) is 0 Å². The Morgan fingerprint density at radius 3 is 2.11 bits per heavy atom. The minimum atomic E-state index is -1.62. The summed E-state index contributed by atoms with van der Waals surface area (Å²) in [6.45, 7) is 4.76. The van der Waals surface area contributed by atoms with E-state index in [1.807, 2.05) is 0 Å². The van der Waals surface area contributed by atoms with E-state index in [0.717, 1.165) is 0 Å². The Morgan fingerprint density at radius 1 is 1.33 bits per heavy atom. The zero-order chi connectivity index (χ0) is 14.1. The smallest absolute Gasteiger partial charge is 0.221 e. The quantitative estimate of drug-likeness (QED) is 0.901. The molecule has 7 heteroatoms. The van der Waals surface area contributed by atoms with Crippen molar-refractivity contribution in [2.75, 3.05) is 5.32 Å². The molecule has 0 aliphatic carbocycles. The number of hydrogen-bond donors (Lipinski definition) is 2. The number of nitrogens with two attached hydrogens (primary N) is 1. The molecule has 0 aliphatic heterocycles. The second kappa shape index (κ2) is 5.57. The fourth-order valence-electron chi connectivity index (χ4n) is 1.52. The van der Waals surface area contributed by atoms with Gasteiger partial charge in [0.2, 0.25) is 5.91 Å². The molecule has 4 nitrogen and oxygen atoms in total. The van der Waals surface area contributed by atoms with Gasteiger partial charge in [-0.2, -0.15) is 0 Å². The van der Waals surface area contributed by atoms with Crippen molar-refractivity contribution < 1.29 is 9.00 Å². The van der Waals surface area contributed by atoms with Gasteiger partial charge in [0.1, 0.15) is 0 Å². The van der Waals surface area contributed by atoms with Crippen LogP contribution in [0.5, 0.6) is 0 Å². The van der Waals surface area contributed by atoms with E-state index in [9.17, 15) is 9.00 Å². The molecule has 0 bridgehead atoms. The molecule has 0 radical (unpaired) electrons. The van der Waals surface area contributed by atoms with Crippen LogP contribution in [0.2, 0.25) is 10.0 Å². The van der Waals surface area contributed by atoms with Gasteiger partial charge in [-0.05, 0) is 26.0 Å². The first-order chi connectivity index (χ1) is 8.16. The lowest BCUT2D eigenvalue weighted by molar-refractivity contribution is -0.114. The van der Waals surface area contributed by atoms with Crippen molar-refractivity contribution in [2.24, 2.45) is 5.14 Å². The van der Waals surface area contributed by atoms with Crippen LogP contribution >= 0.6 is 23.2 Å². The van der Waals surface area contributed by atoms with Crippen LogP contribution in [0.1, 0.15) is 26.3 Å². The first-order valence-corrected chi connectivity index (χ1v) is 7.06. The molecule has 0 heterocycles. The summed E-state index contributed by atoms with van der Waals surface area (Å²) in [5.41, 5.74) is 0.987. The molecule has 1 aromatic carbocycles. The Morgan fingerprint density at radius 2 is 1.78 bits per heavy atom. The number of benzene rings is 1. The minimum Gasteiger partial charge on any atom is -0.326 e. The maximum absolute atomic E-state index is 11.5. The van der Waals surface area contributed by atoms with Crippen molar-refractivity contribution in [2.45, 2.75) is 25.5 Å². The minimum absolute atomic E-state index is 0.225. The summed E-state index contributed by atoms with van der Waals surface area (Å²) in [6, 6.07) is 3.11. The van der Waals surface area contributed by atoms with Crippen LogP contribution in [0, 0.1) is 0 Å². The van der Waals surface area contributed by atoms with Crippen molar-refractivity contribution >= 4 is 45.8 Å². The third-order valence-corrected chi connectivity index (χ3v) is 4.27. The van der Waals surface area contributed by atoms with E-state index in [4.69, 9.17) is 28.3 Å². The van der Waals surface area contributed by atoms with E-state index in [1.54, 1.807) is 26.0 Å². The van der Waals surface area contributed by atoms with Gasteiger partial charge in [0.15, 0.2) is 0 Å². The van der Waals surface area contributed by atoms with Crippen molar-refractivity contribution in [1.29, 1.82) is 0 Å². The van der Waals surface area contributed by atoms with Gasteiger partial charge in [0.05, 0.1) is 15.7 Å². The normalized spacial score (nSPS) is 13.2. The van der Waals surface area contributed by atoms with E-state index in [-0.39, 0.29) is 5.91 Å². The summed E-state index contributed by atoms with van der Waals surface area (Å²) in [5, 5.41) is 8.65. The van der Waals surface area contributed by atoms with E-state index < -0.39 is 15.7 Å². The molecule has 0 saturated carbocycles. The number of hydrogen-bond acceptors (Lipinski definition) is 2. The first-order valence-electron chi connectivity index (χ1n) is 5.09. The third kappa shape index (κ3) is 3.23. The van der Waals surface area contributed by atoms with Crippen LogP contribution in [0.15, 0.2) is 12.1 Å². The van der Waals surface area contributed by atoms with Gasteiger partial charge in [-0.3, -0.25) is 9.93 Å². The molecule has 0 spiro atoms. The number of halogens is 2. The lowest BCUT2D eigenvalue weighted by atomic mass is 10.0. The fraction of sp³-hybridized carbons (Fsp3) is 0.364. The van der Waals surface area contributed by atoms with Gasteiger partial charge < -0.3 is 5.32 Å². The molecule has 1 unspecified atom stereocenters. The Labute approximate surface area is 118 Å². The zero-order valence-corrected chi connectivity index (χ0v) is 12.5. The summed E-state index contributed by atoms with van der Waals surface area (Å²) in [6.07, 6.45) is 0. The summed E-state index contributed by atoms with van der Waals surface area (Å²) < 4.78 is 10.7. The predicted molar refractivity (Wildman–Crippen MR) is 76.1 cm³/mol. The largest absolute Gasteiger partial charge is 0.326 e. The average Bonchev–Trinajstić information content (AvgIpc) is 2.13. The van der Waals surface area contributed by atoms with Crippen LogP contribution in [-0.2, 0) is 20.5 Å². The third-order valence-electron chi connectivity index (χ3n) is 2.47. The van der Waals surface area contributed by atoms with Gasteiger partial charge in [0, 0.05) is 28.2 Å². The summed E-state index contributed by atoms with van der Waals surface area (Å²) in [4.78, 5) is 11.0. The highest BCUT2D eigenvalue weighted by molar-refractivity contribution is 7.83. The summed E-state index contributed by atoms with van der Waals surface area (Å²) >= 11 is 12.2. The van der Waals surface area contributed by atoms with Crippen LogP contribution in [-0.4, -0.2) is 10.1 Å². The molecule has 1 rings (SSSR count). The van der Waals surface area contributed by atoms with Crippen LogP contribution < -0.4 is 10.5 Å². The van der Waals surface area contributed by atoms with Gasteiger partial charge in [-0.1, -0.05) is 23.2 Å². The van der Waals surface area contributed by atoms with Crippen molar-refractivity contribution in [3.8, 4) is 0 Å². The second-order valence-corrected chi connectivity index (χ2v) is 6.73. The Balaban J connectivity index is 3.33. The zero-order valence-electron chi connectivity index (χ0n) is 10.2.